The number of ketones is 1. The van der Waals surface area contributed by atoms with Gasteiger partial charge in [0.05, 0.1) is 24.4 Å². The molecule has 104 valence electrons. The van der Waals surface area contributed by atoms with Gasteiger partial charge in [0.2, 0.25) is 16.8 Å². The lowest BCUT2D eigenvalue weighted by molar-refractivity contribution is -0.178. The molecule has 7 heteroatoms. The average molecular weight is 277 g/mol. The summed E-state index contributed by atoms with van der Waals surface area (Å²) in [5.74, 6) is -2.46. The fourth-order valence-electron chi connectivity index (χ4n) is 2.81. The molecule has 2 saturated heterocycles. The summed E-state index contributed by atoms with van der Waals surface area (Å²) in [4.78, 5) is 23.6. The predicted octanol–water partition coefficient (Wildman–Crippen LogP) is -0.197. The molecule has 2 N–H and O–H groups in total. The van der Waals surface area contributed by atoms with Crippen LogP contribution in [-0.2, 0) is 15.1 Å². The van der Waals surface area contributed by atoms with Crippen LogP contribution in [0.2, 0.25) is 0 Å². The summed E-state index contributed by atoms with van der Waals surface area (Å²) in [5, 5.41) is 29.4. The molecular formula is C13H11NO6. The summed E-state index contributed by atoms with van der Waals surface area (Å²) < 4.78 is 10.5. The van der Waals surface area contributed by atoms with E-state index in [0.29, 0.717) is 0 Å². The van der Waals surface area contributed by atoms with E-state index in [9.17, 15) is 19.8 Å². The third kappa shape index (κ3) is 1.52. The Morgan fingerprint density at radius 1 is 1.45 bits per heavy atom. The first-order chi connectivity index (χ1) is 9.48. The van der Waals surface area contributed by atoms with Crippen molar-refractivity contribution in [3.63, 3.8) is 0 Å². The van der Waals surface area contributed by atoms with Gasteiger partial charge in [0, 0.05) is 12.5 Å². The number of rotatable bonds is 1. The van der Waals surface area contributed by atoms with Crippen LogP contribution < -0.4 is 5.43 Å². The molecule has 2 aliphatic heterocycles. The van der Waals surface area contributed by atoms with E-state index in [1.165, 1.54) is 0 Å². The third-order valence-corrected chi connectivity index (χ3v) is 3.90. The maximum absolute atomic E-state index is 12.2. The fourth-order valence-corrected chi connectivity index (χ4v) is 2.81. The lowest BCUT2D eigenvalue weighted by Gasteiger charge is -2.35. The molecule has 2 bridgehead atoms. The minimum Gasteiger partial charge on any atom is -0.502 e. The Labute approximate surface area is 113 Å². The van der Waals surface area contributed by atoms with E-state index >= 15 is 0 Å². The Hall–Kier alpha value is -2.17. The van der Waals surface area contributed by atoms with Gasteiger partial charge in [0.15, 0.2) is 11.5 Å². The van der Waals surface area contributed by atoms with Crippen molar-refractivity contribution < 1.29 is 24.2 Å². The van der Waals surface area contributed by atoms with E-state index in [0.717, 1.165) is 12.3 Å². The molecule has 1 aromatic rings. The Kier molecular flexibility index (Phi) is 2.67. The molecule has 0 aliphatic carbocycles. The second-order valence-corrected chi connectivity index (χ2v) is 4.99. The lowest BCUT2D eigenvalue weighted by atomic mass is 9.85. The van der Waals surface area contributed by atoms with Crippen molar-refractivity contribution in [3.05, 3.63) is 28.3 Å². The van der Waals surface area contributed by atoms with Crippen LogP contribution >= 0.6 is 0 Å². The van der Waals surface area contributed by atoms with Crippen molar-refractivity contribution in [2.45, 2.75) is 30.7 Å². The SMILES string of the molecule is N#C[C@H]1C[C@H]2O[C@H]1CC(=O)[C@]2(O)c1occc(=O)c1O. The number of carbonyl (C=O) groups excluding carboxylic acids is 1. The molecule has 2 fully saturated rings. The zero-order chi connectivity index (χ0) is 14.5. The van der Waals surface area contributed by atoms with Crippen molar-refractivity contribution in [1.82, 2.24) is 0 Å². The highest BCUT2D eigenvalue weighted by Gasteiger charge is 2.60. The second-order valence-electron chi connectivity index (χ2n) is 4.99. The minimum absolute atomic E-state index is 0.140. The first kappa shape index (κ1) is 12.8. The number of hydrogen-bond acceptors (Lipinski definition) is 7. The summed E-state index contributed by atoms with van der Waals surface area (Å²) in [6.07, 6.45) is -0.596. The van der Waals surface area contributed by atoms with Crippen LogP contribution in [0.1, 0.15) is 18.6 Å². The molecule has 0 spiro atoms. The fraction of sp³-hybridized carbons (Fsp3) is 0.462. The number of aliphatic hydroxyl groups is 1. The first-order valence-corrected chi connectivity index (χ1v) is 6.10. The number of nitrogens with zero attached hydrogens (tertiary/aromatic N) is 1. The van der Waals surface area contributed by atoms with Gasteiger partial charge in [-0.05, 0) is 6.42 Å². The molecule has 0 aromatic carbocycles. The number of nitriles is 1. The van der Waals surface area contributed by atoms with Gasteiger partial charge in [-0.2, -0.15) is 5.26 Å². The molecule has 3 heterocycles. The molecule has 2 aliphatic rings. The molecule has 4 atom stereocenters. The summed E-state index contributed by atoms with van der Waals surface area (Å²) in [5.41, 5.74) is -2.99. The molecule has 7 nitrogen and oxygen atoms in total. The summed E-state index contributed by atoms with van der Waals surface area (Å²) in [6.45, 7) is 0. The maximum Gasteiger partial charge on any atom is 0.226 e. The highest BCUT2D eigenvalue weighted by molar-refractivity contribution is 5.90. The molecule has 3 rings (SSSR count). The van der Waals surface area contributed by atoms with Gasteiger partial charge < -0.3 is 19.4 Å². The van der Waals surface area contributed by atoms with Gasteiger partial charge in [-0.15, -0.1) is 0 Å². The zero-order valence-corrected chi connectivity index (χ0v) is 10.3. The van der Waals surface area contributed by atoms with Crippen LogP contribution in [0.25, 0.3) is 0 Å². The van der Waals surface area contributed by atoms with E-state index in [4.69, 9.17) is 14.4 Å². The van der Waals surface area contributed by atoms with Crippen molar-refractivity contribution in [3.8, 4) is 11.8 Å². The molecule has 0 amide bonds. The minimum atomic E-state index is -2.23. The average Bonchev–Trinajstić information content (AvgIpc) is 2.79. The standard InChI is InChI=1S/C13H11NO6/c14-5-6-3-10-13(18,9(16)4-8(6)20-10)12-11(17)7(15)1-2-19-12/h1-2,6,8,10,17-18H,3-4H2/t6-,8+,10-,13-/m1/s1. The first-order valence-electron chi connectivity index (χ1n) is 6.10. The molecule has 0 radical (unpaired) electrons. The van der Waals surface area contributed by atoms with Gasteiger partial charge in [0.1, 0.15) is 6.10 Å². The van der Waals surface area contributed by atoms with Gasteiger partial charge in [-0.25, -0.2) is 0 Å². The predicted molar refractivity (Wildman–Crippen MR) is 62.5 cm³/mol. The normalized spacial score (nSPS) is 35.8. The van der Waals surface area contributed by atoms with Crippen molar-refractivity contribution in [1.29, 1.82) is 5.26 Å². The number of aromatic hydroxyl groups is 1. The monoisotopic (exact) mass is 277 g/mol. The van der Waals surface area contributed by atoms with E-state index in [1.54, 1.807) is 0 Å². The Balaban J connectivity index is 2.12. The van der Waals surface area contributed by atoms with Crippen LogP contribution in [-0.4, -0.2) is 28.2 Å². The van der Waals surface area contributed by atoms with E-state index < -0.39 is 46.4 Å². The van der Waals surface area contributed by atoms with Gasteiger partial charge >= 0.3 is 0 Å². The Morgan fingerprint density at radius 3 is 2.90 bits per heavy atom. The summed E-state index contributed by atoms with van der Waals surface area (Å²) in [6, 6.07) is 3.01. The van der Waals surface area contributed by atoms with Crippen molar-refractivity contribution >= 4 is 5.78 Å². The van der Waals surface area contributed by atoms with Crippen molar-refractivity contribution in [2.24, 2.45) is 5.92 Å². The number of carbonyl (C=O) groups is 1. The van der Waals surface area contributed by atoms with Gasteiger partial charge in [0.25, 0.3) is 0 Å². The summed E-state index contributed by atoms with van der Waals surface area (Å²) in [7, 11) is 0. The number of fused-ring (bicyclic) bond motifs is 2. The Bertz CT molecular complexity index is 674. The van der Waals surface area contributed by atoms with E-state index in [2.05, 4.69) is 0 Å². The van der Waals surface area contributed by atoms with Crippen LogP contribution in [0.4, 0.5) is 0 Å². The smallest absolute Gasteiger partial charge is 0.226 e. The van der Waals surface area contributed by atoms with Crippen LogP contribution in [0.15, 0.2) is 21.5 Å². The van der Waals surface area contributed by atoms with Gasteiger partial charge in [-0.1, -0.05) is 0 Å². The number of hydrogen-bond donors (Lipinski definition) is 2. The molecule has 20 heavy (non-hydrogen) atoms. The maximum atomic E-state index is 12.2. The van der Waals surface area contributed by atoms with E-state index in [1.807, 2.05) is 6.07 Å². The lowest BCUT2D eigenvalue weighted by Crippen LogP contribution is -2.51. The third-order valence-electron chi connectivity index (χ3n) is 3.90. The topological polar surface area (TPSA) is 121 Å². The largest absolute Gasteiger partial charge is 0.502 e. The summed E-state index contributed by atoms with van der Waals surface area (Å²) >= 11 is 0. The van der Waals surface area contributed by atoms with E-state index in [-0.39, 0.29) is 12.8 Å². The molecule has 1 aromatic heterocycles. The number of ether oxygens (including phenoxy) is 1. The Morgan fingerprint density at radius 2 is 2.20 bits per heavy atom. The molecule has 0 unspecified atom stereocenters. The zero-order valence-electron chi connectivity index (χ0n) is 10.3. The quantitative estimate of drug-likeness (QED) is 0.729. The molecule has 0 saturated carbocycles. The molecular weight excluding hydrogens is 266 g/mol. The van der Waals surface area contributed by atoms with Crippen molar-refractivity contribution in [2.75, 3.05) is 0 Å². The van der Waals surface area contributed by atoms with Crippen LogP contribution in [0.5, 0.6) is 5.75 Å². The highest BCUT2D eigenvalue weighted by Crippen LogP contribution is 2.46. The van der Waals surface area contributed by atoms with Gasteiger partial charge in [-0.3, -0.25) is 9.59 Å². The van der Waals surface area contributed by atoms with Crippen LogP contribution in [0.3, 0.4) is 0 Å². The number of Topliss-reactive ketones (excluding diaryl/α,β-unsaturated/α-hetero) is 1. The highest BCUT2D eigenvalue weighted by atomic mass is 16.5. The van der Waals surface area contributed by atoms with Crippen LogP contribution in [0, 0.1) is 17.2 Å². The second kappa shape index (κ2) is 4.16.